The number of piperidine rings is 1. The molecule has 3 rings (SSSR count). The van der Waals surface area contributed by atoms with E-state index in [9.17, 15) is 9.59 Å². The Hall–Kier alpha value is -1.10. The Kier molecular flexibility index (Phi) is 4.48. The third-order valence-electron chi connectivity index (χ3n) is 5.33. The lowest BCUT2D eigenvalue weighted by atomic mass is 9.89. The van der Waals surface area contributed by atoms with Gasteiger partial charge in [0.15, 0.2) is 0 Å². The molecule has 0 radical (unpaired) electrons. The summed E-state index contributed by atoms with van der Waals surface area (Å²) in [5.41, 5.74) is 0. The maximum Gasteiger partial charge on any atom is 0.222 e. The van der Waals surface area contributed by atoms with Crippen molar-refractivity contribution in [3.8, 4) is 0 Å². The first-order valence-electron chi connectivity index (χ1n) is 8.41. The van der Waals surface area contributed by atoms with E-state index in [-0.39, 0.29) is 5.91 Å². The summed E-state index contributed by atoms with van der Waals surface area (Å²) in [5, 5.41) is 3.63. The van der Waals surface area contributed by atoms with Crippen molar-refractivity contribution in [2.24, 2.45) is 5.92 Å². The van der Waals surface area contributed by atoms with Crippen LogP contribution in [0, 0.1) is 5.92 Å². The second kappa shape index (κ2) is 6.34. The maximum absolute atomic E-state index is 12.5. The molecule has 118 valence electrons. The van der Waals surface area contributed by atoms with E-state index in [4.69, 9.17) is 0 Å². The van der Waals surface area contributed by atoms with Crippen LogP contribution in [0.4, 0.5) is 0 Å². The number of nitrogens with one attached hydrogen (secondary N) is 1. The Morgan fingerprint density at radius 3 is 2.29 bits per heavy atom. The van der Waals surface area contributed by atoms with Gasteiger partial charge in [-0.05, 0) is 38.0 Å². The summed E-state index contributed by atoms with van der Waals surface area (Å²) in [4.78, 5) is 27.8. The minimum Gasteiger partial charge on any atom is -0.341 e. The van der Waals surface area contributed by atoms with E-state index in [1.807, 2.05) is 9.80 Å². The molecule has 0 aromatic rings. The van der Waals surface area contributed by atoms with E-state index in [0.717, 1.165) is 32.4 Å². The summed E-state index contributed by atoms with van der Waals surface area (Å²) in [6.07, 6.45) is 6.50. The highest BCUT2D eigenvalue weighted by Crippen LogP contribution is 2.33. The van der Waals surface area contributed by atoms with Crippen molar-refractivity contribution >= 4 is 11.8 Å². The third-order valence-corrected chi connectivity index (χ3v) is 5.33. The van der Waals surface area contributed by atoms with Gasteiger partial charge in [0.25, 0.3) is 0 Å². The zero-order chi connectivity index (χ0) is 14.8. The molecule has 5 heteroatoms. The Labute approximate surface area is 127 Å². The number of hydrogen-bond donors (Lipinski definition) is 1. The zero-order valence-electron chi connectivity index (χ0n) is 13.0. The Bertz CT molecular complexity index is 400. The SMILES string of the molecule is CC(=O)N1CCCN(C(=O)CC2CC3CCC(C2)N3)CC1. The number of nitrogens with zero attached hydrogens (tertiary/aromatic N) is 2. The van der Waals surface area contributed by atoms with Gasteiger partial charge in [-0.1, -0.05) is 0 Å². The lowest BCUT2D eigenvalue weighted by molar-refractivity contribution is -0.133. The summed E-state index contributed by atoms with van der Waals surface area (Å²) in [7, 11) is 0. The second-order valence-electron chi connectivity index (χ2n) is 6.92. The summed E-state index contributed by atoms with van der Waals surface area (Å²) in [6.45, 7) is 4.61. The molecular formula is C16H27N3O2. The number of fused-ring (bicyclic) bond motifs is 2. The topological polar surface area (TPSA) is 52.7 Å². The summed E-state index contributed by atoms with van der Waals surface area (Å²) < 4.78 is 0. The molecule has 3 saturated heterocycles. The van der Waals surface area contributed by atoms with E-state index in [1.54, 1.807) is 6.92 Å². The Balaban J connectivity index is 1.50. The van der Waals surface area contributed by atoms with Gasteiger partial charge in [-0.25, -0.2) is 0 Å². The highest BCUT2D eigenvalue weighted by molar-refractivity contribution is 5.77. The zero-order valence-corrected chi connectivity index (χ0v) is 13.0. The number of hydrogen-bond acceptors (Lipinski definition) is 3. The van der Waals surface area contributed by atoms with Gasteiger partial charge >= 0.3 is 0 Å². The molecular weight excluding hydrogens is 266 g/mol. The van der Waals surface area contributed by atoms with Crippen LogP contribution in [0.5, 0.6) is 0 Å². The van der Waals surface area contributed by atoms with Crippen molar-refractivity contribution in [1.82, 2.24) is 15.1 Å². The smallest absolute Gasteiger partial charge is 0.222 e. The van der Waals surface area contributed by atoms with Crippen LogP contribution in [-0.4, -0.2) is 59.9 Å². The molecule has 3 aliphatic rings. The van der Waals surface area contributed by atoms with E-state index >= 15 is 0 Å². The highest BCUT2D eigenvalue weighted by Gasteiger charge is 2.35. The average molecular weight is 293 g/mol. The summed E-state index contributed by atoms with van der Waals surface area (Å²) >= 11 is 0. The molecule has 0 aliphatic carbocycles. The van der Waals surface area contributed by atoms with Crippen molar-refractivity contribution in [3.63, 3.8) is 0 Å². The quantitative estimate of drug-likeness (QED) is 0.826. The molecule has 0 saturated carbocycles. The molecule has 0 aromatic heterocycles. The monoisotopic (exact) mass is 293 g/mol. The van der Waals surface area contributed by atoms with Crippen LogP contribution >= 0.6 is 0 Å². The molecule has 2 atom stereocenters. The summed E-state index contributed by atoms with van der Waals surface area (Å²) in [5.74, 6) is 0.981. The van der Waals surface area contributed by atoms with Crippen LogP contribution in [0.15, 0.2) is 0 Å². The van der Waals surface area contributed by atoms with Crippen LogP contribution in [-0.2, 0) is 9.59 Å². The highest BCUT2D eigenvalue weighted by atomic mass is 16.2. The number of carbonyl (C=O) groups excluding carboxylic acids is 2. The molecule has 2 amide bonds. The first kappa shape index (κ1) is 14.8. The largest absolute Gasteiger partial charge is 0.341 e. The van der Waals surface area contributed by atoms with Crippen molar-refractivity contribution in [3.05, 3.63) is 0 Å². The van der Waals surface area contributed by atoms with Crippen LogP contribution in [0.2, 0.25) is 0 Å². The van der Waals surface area contributed by atoms with Crippen LogP contribution in [0.1, 0.15) is 45.4 Å². The number of rotatable bonds is 2. The van der Waals surface area contributed by atoms with E-state index in [2.05, 4.69) is 5.32 Å². The van der Waals surface area contributed by atoms with Crippen molar-refractivity contribution in [2.45, 2.75) is 57.5 Å². The van der Waals surface area contributed by atoms with Gasteiger partial charge in [-0.15, -0.1) is 0 Å². The fourth-order valence-corrected chi connectivity index (χ4v) is 4.20. The summed E-state index contributed by atoms with van der Waals surface area (Å²) in [6, 6.07) is 1.30. The minimum atomic E-state index is 0.124. The second-order valence-corrected chi connectivity index (χ2v) is 6.92. The molecule has 3 heterocycles. The average Bonchev–Trinajstić information content (AvgIpc) is 2.67. The van der Waals surface area contributed by atoms with E-state index < -0.39 is 0 Å². The van der Waals surface area contributed by atoms with Crippen molar-refractivity contribution in [1.29, 1.82) is 0 Å². The standard InChI is InChI=1S/C16H27N3O2/c1-12(20)18-5-2-6-19(8-7-18)16(21)11-13-9-14-3-4-15(10-13)17-14/h13-15,17H,2-11H2,1H3. The molecule has 0 aromatic carbocycles. The Morgan fingerprint density at radius 1 is 1.00 bits per heavy atom. The normalized spacial score (nSPS) is 32.9. The maximum atomic E-state index is 12.5. The third kappa shape index (κ3) is 3.57. The molecule has 3 fully saturated rings. The molecule has 2 unspecified atom stereocenters. The van der Waals surface area contributed by atoms with Gasteiger partial charge in [-0.3, -0.25) is 9.59 Å². The van der Waals surface area contributed by atoms with Gasteiger partial charge < -0.3 is 15.1 Å². The van der Waals surface area contributed by atoms with Crippen molar-refractivity contribution in [2.75, 3.05) is 26.2 Å². The molecule has 21 heavy (non-hydrogen) atoms. The predicted molar refractivity (Wildman–Crippen MR) is 80.7 cm³/mol. The van der Waals surface area contributed by atoms with Gasteiger partial charge in [0.2, 0.25) is 11.8 Å². The molecule has 2 bridgehead atoms. The number of carbonyl (C=O) groups is 2. The Morgan fingerprint density at radius 2 is 1.62 bits per heavy atom. The van der Waals surface area contributed by atoms with Crippen LogP contribution < -0.4 is 5.32 Å². The number of amides is 2. The van der Waals surface area contributed by atoms with Gasteiger partial charge in [0.05, 0.1) is 0 Å². The minimum absolute atomic E-state index is 0.124. The first-order valence-corrected chi connectivity index (χ1v) is 8.41. The van der Waals surface area contributed by atoms with Gasteiger partial charge in [0, 0.05) is 51.6 Å². The van der Waals surface area contributed by atoms with Gasteiger partial charge in [0.1, 0.15) is 0 Å². The first-order chi connectivity index (χ1) is 10.1. The fraction of sp³-hybridized carbons (Fsp3) is 0.875. The van der Waals surface area contributed by atoms with Gasteiger partial charge in [-0.2, -0.15) is 0 Å². The van der Waals surface area contributed by atoms with E-state index in [0.29, 0.717) is 43.4 Å². The molecule has 1 N–H and O–H groups in total. The lowest BCUT2D eigenvalue weighted by Gasteiger charge is -2.30. The van der Waals surface area contributed by atoms with Crippen molar-refractivity contribution < 1.29 is 9.59 Å². The fourth-order valence-electron chi connectivity index (χ4n) is 4.20. The predicted octanol–water partition coefficient (Wildman–Crippen LogP) is 0.988. The van der Waals surface area contributed by atoms with E-state index in [1.165, 1.54) is 12.8 Å². The molecule has 5 nitrogen and oxygen atoms in total. The molecule has 3 aliphatic heterocycles. The molecule has 0 spiro atoms. The van der Waals surface area contributed by atoms with Crippen LogP contribution in [0.25, 0.3) is 0 Å². The van der Waals surface area contributed by atoms with Crippen LogP contribution in [0.3, 0.4) is 0 Å². The lowest BCUT2D eigenvalue weighted by Crippen LogP contribution is -2.41.